The molecule has 42 heavy (non-hydrogen) atoms. The summed E-state index contributed by atoms with van der Waals surface area (Å²) in [6.45, 7) is 12.8. The molecule has 1 aromatic rings. The largest absolute Gasteiger partial charge is 0.462 e. The van der Waals surface area contributed by atoms with Gasteiger partial charge in [0.15, 0.2) is 0 Å². The van der Waals surface area contributed by atoms with Gasteiger partial charge in [0, 0.05) is 24.4 Å². The van der Waals surface area contributed by atoms with Crippen molar-refractivity contribution < 1.29 is 19.7 Å². The molecule has 1 aromatic heterocycles. The van der Waals surface area contributed by atoms with Gasteiger partial charge in [-0.15, -0.1) is 11.3 Å². The van der Waals surface area contributed by atoms with Gasteiger partial charge < -0.3 is 14.9 Å². The SMILES string of the molecule is C=C1C(=CC=C2CCC[C@]3(C)[C@@H]([C@H](C)CC[C@H](OC(C)=O)C4(c5ncc(CCCC)s5)CC4)CC[C@@H]23)C[C@@H](O)C[C@@H]1O. The van der Waals surface area contributed by atoms with Crippen LogP contribution in [0.25, 0.3) is 0 Å². The number of allylic oxidation sites excluding steroid dienone is 3. The van der Waals surface area contributed by atoms with Crippen LogP contribution in [0.2, 0.25) is 0 Å². The molecule has 7 atom stereocenters. The zero-order chi connectivity index (χ0) is 30.1. The number of aryl methyl sites for hydroxylation is 1. The summed E-state index contributed by atoms with van der Waals surface area (Å²) in [7, 11) is 0. The second kappa shape index (κ2) is 13.1. The highest BCUT2D eigenvalue weighted by molar-refractivity contribution is 7.11. The Bertz CT molecular complexity index is 1190. The van der Waals surface area contributed by atoms with E-state index >= 15 is 0 Å². The minimum absolute atomic E-state index is 0.0822. The lowest BCUT2D eigenvalue weighted by atomic mass is 9.60. The van der Waals surface area contributed by atoms with Crippen LogP contribution in [0.15, 0.2) is 41.6 Å². The number of fused-ring (bicyclic) bond motifs is 1. The van der Waals surface area contributed by atoms with E-state index in [9.17, 15) is 15.0 Å². The normalized spacial score (nSPS) is 33.9. The number of unbranched alkanes of at least 4 members (excludes halogenated alkanes) is 1. The number of carbonyl (C=O) groups is 1. The molecule has 4 saturated carbocycles. The van der Waals surface area contributed by atoms with Crippen LogP contribution in [0.3, 0.4) is 0 Å². The summed E-state index contributed by atoms with van der Waals surface area (Å²) in [5, 5.41) is 21.6. The smallest absolute Gasteiger partial charge is 0.302 e. The molecule has 2 N–H and O–H groups in total. The Kier molecular flexibility index (Phi) is 9.86. The number of esters is 1. The molecule has 0 unspecified atom stereocenters. The molecule has 0 radical (unpaired) electrons. The van der Waals surface area contributed by atoms with E-state index in [-0.39, 0.29) is 22.9 Å². The molecule has 0 bridgehead atoms. The van der Waals surface area contributed by atoms with Gasteiger partial charge in [-0.25, -0.2) is 4.98 Å². The molecule has 5 rings (SSSR count). The van der Waals surface area contributed by atoms with Gasteiger partial charge in [0.05, 0.1) is 17.6 Å². The maximum absolute atomic E-state index is 12.2. The zero-order valence-electron chi connectivity index (χ0n) is 26.4. The third kappa shape index (κ3) is 6.51. The number of carbonyl (C=O) groups excluding carboxylic acids is 1. The van der Waals surface area contributed by atoms with Crippen molar-refractivity contribution in [3.63, 3.8) is 0 Å². The van der Waals surface area contributed by atoms with Crippen molar-refractivity contribution in [3.05, 3.63) is 51.5 Å². The van der Waals surface area contributed by atoms with Crippen LogP contribution < -0.4 is 0 Å². The molecule has 0 aromatic carbocycles. The maximum atomic E-state index is 12.2. The van der Waals surface area contributed by atoms with E-state index in [1.165, 1.54) is 54.0 Å². The minimum Gasteiger partial charge on any atom is -0.462 e. The average molecular weight is 596 g/mol. The first-order valence-corrected chi connectivity index (χ1v) is 17.5. The third-order valence-corrected chi connectivity index (χ3v) is 12.6. The van der Waals surface area contributed by atoms with E-state index in [0.717, 1.165) is 49.7 Å². The van der Waals surface area contributed by atoms with Gasteiger partial charge in [0.1, 0.15) is 11.1 Å². The summed E-state index contributed by atoms with van der Waals surface area (Å²) in [5.41, 5.74) is 3.49. The average Bonchev–Trinajstić information content (AvgIpc) is 3.46. The van der Waals surface area contributed by atoms with Gasteiger partial charge in [-0.2, -0.15) is 0 Å². The Morgan fingerprint density at radius 3 is 2.74 bits per heavy atom. The van der Waals surface area contributed by atoms with Crippen LogP contribution in [0.1, 0.15) is 121 Å². The lowest BCUT2D eigenvalue weighted by Crippen LogP contribution is -2.37. The highest BCUT2D eigenvalue weighted by Crippen LogP contribution is 2.60. The molecule has 1 heterocycles. The van der Waals surface area contributed by atoms with Gasteiger partial charge in [-0.3, -0.25) is 4.79 Å². The Hall–Kier alpha value is -1.76. The lowest BCUT2D eigenvalue weighted by molar-refractivity contribution is -0.148. The molecule has 0 saturated heterocycles. The van der Waals surface area contributed by atoms with Crippen molar-refractivity contribution in [2.75, 3.05) is 0 Å². The van der Waals surface area contributed by atoms with E-state index in [0.29, 0.717) is 30.6 Å². The summed E-state index contributed by atoms with van der Waals surface area (Å²) in [4.78, 5) is 18.4. The molecule has 0 spiro atoms. The molecule has 232 valence electrons. The van der Waals surface area contributed by atoms with Gasteiger partial charge in [0.25, 0.3) is 0 Å². The molecular formula is C36H53NO4S. The van der Waals surface area contributed by atoms with E-state index in [4.69, 9.17) is 9.72 Å². The second-order valence-corrected chi connectivity index (χ2v) is 15.3. The number of hydrogen-bond donors (Lipinski definition) is 2. The Morgan fingerprint density at radius 1 is 1.24 bits per heavy atom. The van der Waals surface area contributed by atoms with Gasteiger partial charge in [-0.05, 0) is 111 Å². The van der Waals surface area contributed by atoms with Crippen LogP contribution in [0.4, 0.5) is 0 Å². The molecular weight excluding hydrogens is 542 g/mol. The first-order valence-electron chi connectivity index (χ1n) is 16.6. The fraction of sp³-hybridized carbons (Fsp3) is 0.722. The second-order valence-electron chi connectivity index (χ2n) is 14.2. The number of rotatable bonds is 11. The van der Waals surface area contributed by atoms with Crippen LogP contribution in [-0.2, 0) is 21.4 Å². The predicted molar refractivity (Wildman–Crippen MR) is 170 cm³/mol. The number of nitrogens with zero attached hydrogens (tertiary/aromatic N) is 1. The van der Waals surface area contributed by atoms with Crippen molar-refractivity contribution in [1.29, 1.82) is 0 Å². The highest BCUT2D eigenvalue weighted by atomic mass is 32.1. The number of aliphatic hydroxyl groups excluding tert-OH is 2. The molecule has 0 aliphatic heterocycles. The molecule has 4 aliphatic carbocycles. The summed E-state index contributed by atoms with van der Waals surface area (Å²) in [6.07, 6.45) is 19.9. The van der Waals surface area contributed by atoms with Gasteiger partial charge in [-0.1, -0.05) is 51.5 Å². The van der Waals surface area contributed by atoms with Crippen molar-refractivity contribution in [1.82, 2.24) is 4.98 Å². The van der Waals surface area contributed by atoms with Crippen LogP contribution >= 0.6 is 11.3 Å². The predicted octanol–water partition coefficient (Wildman–Crippen LogP) is 8.01. The summed E-state index contributed by atoms with van der Waals surface area (Å²) in [5.74, 6) is 1.62. The van der Waals surface area contributed by atoms with E-state index < -0.39 is 12.2 Å². The summed E-state index contributed by atoms with van der Waals surface area (Å²) >= 11 is 1.84. The molecule has 6 heteroatoms. The van der Waals surface area contributed by atoms with Crippen LogP contribution in [0.5, 0.6) is 0 Å². The Morgan fingerprint density at radius 2 is 2.02 bits per heavy atom. The maximum Gasteiger partial charge on any atom is 0.302 e. The van der Waals surface area contributed by atoms with Crippen molar-refractivity contribution in [3.8, 4) is 0 Å². The van der Waals surface area contributed by atoms with Crippen molar-refractivity contribution in [2.24, 2.45) is 23.2 Å². The number of hydrogen-bond acceptors (Lipinski definition) is 6. The van der Waals surface area contributed by atoms with Crippen LogP contribution in [0, 0.1) is 23.2 Å². The molecule has 4 aliphatic rings. The number of thiazole rings is 1. The third-order valence-electron chi connectivity index (χ3n) is 11.3. The standard InChI is InChI=1S/C36H53NO4S/c1-6-7-10-29-22-37-34(42-29)36(18-19-36)33(41-25(4)38)16-11-23(2)30-14-15-31-26(9-8-17-35(30,31)5)12-13-27-20-28(39)21-32(40)24(27)3/h12-13,22-23,28,30-33,39-40H,3,6-11,14-21H2,1-2,4-5H3/t23-,28-,30-,31+,32+,33+,35-/m1/s1. The molecule has 4 fully saturated rings. The summed E-state index contributed by atoms with van der Waals surface area (Å²) in [6, 6.07) is 0. The number of aromatic nitrogens is 1. The first kappa shape index (κ1) is 31.7. The zero-order valence-corrected chi connectivity index (χ0v) is 27.2. The quantitative estimate of drug-likeness (QED) is 0.253. The van der Waals surface area contributed by atoms with Crippen molar-refractivity contribution in [2.45, 2.75) is 141 Å². The van der Waals surface area contributed by atoms with Gasteiger partial charge in [0.2, 0.25) is 0 Å². The molecule has 0 amide bonds. The highest BCUT2D eigenvalue weighted by Gasteiger charge is 2.55. The number of aliphatic hydroxyl groups is 2. The lowest BCUT2D eigenvalue weighted by Gasteiger charge is -2.44. The Balaban J connectivity index is 1.26. The monoisotopic (exact) mass is 595 g/mol. The van der Waals surface area contributed by atoms with E-state index in [1.807, 2.05) is 11.3 Å². The van der Waals surface area contributed by atoms with E-state index in [2.05, 4.69) is 45.7 Å². The summed E-state index contributed by atoms with van der Waals surface area (Å²) < 4.78 is 6.07. The van der Waals surface area contributed by atoms with E-state index in [1.54, 1.807) is 6.92 Å². The topological polar surface area (TPSA) is 79.7 Å². The first-order chi connectivity index (χ1) is 20.1. The van der Waals surface area contributed by atoms with Crippen LogP contribution in [-0.4, -0.2) is 39.5 Å². The fourth-order valence-corrected chi connectivity index (χ4v) is 10.00. The number of ether oxygens (including phenoxy) is 1. The van der Waals surface area contributed by atoms with Crippen molar-refractivity contribution >= 4 is 17.3 Å². The van der Waals surface area contributed by atoms with Gasteiger partial charge >= 0.3 is 5.97 Å². The molecule has 5 nitrogen and oxygen atoms in total. The minimum atomic E-state index is -0.643. The fourth-order valence-electron chi connectivity index (χ4n) is 8.76. The Labute approximate surface area is 257 Å².